The first-order chi connectivity index (χ1) is 8.68. The van der Waals surface area contributed by atoms with Crippen LogP contribution in [-0.4, -0.2) is 19.9 Å². The zero-order chi connectivity index (χ0) is 14.3. The average Bonchev–Trinajstić information content (AvgIpc) is 2.79. The van der Waals surface area contributed by atoms with Crippen molar-refractivity contribution in [2.75, 3.05) is 0 Å². The molecule has 5 nitrogen and oxygen atoms in total. The minimum absolute atomic E-state index is 0.0372. The second-order valence-electron chi connectivity index (χ2n) is 3.17. The van der Waals surface area contributed by atoms with Crippen molar-refractivity contribution in [3.05, 3.63) is 24.2 Å². The number of alkyl halides is 6. The minimum Gasteiger partial charge on any atom is -0.440 e. The predicted octanol–water partition coefficient (Wildman–Crippen LogP) is 4.18. The summed E-state index contributed by atoms with van der Waals surface area (Å²) in [4.78, 5) is 15.4. The summed E-state index contributed by atoms with van der Waals surface area (Å²) in [5.41, 5.74) is 0. The van der Waals surface area contributed by atoms with Crippen molar-refractivity contribution in [1.82, 2.24) is 19.9 Å². The summed E-state index contributed by atoms with van der Waals surface area (Å²) < 4.78 is 1.23. The van der Waals surface area contributed by atoms with E-state index in [1.165, 1.54) is 12.6 Å². The molecule has 0 spiro atoms. The van der Waals surface area contributed by atoms with Gasteiger partial charge in [-0.2, -0.15) is 0 Å². The fourth-order valence-corrected chi connectivity index (χ4v) is 1.57. The largest absolute Gasteiger partial charge is 0.440 e. The normalized spacial score (nSPS) is 12.7. The molecule has 0 saturated carbocycles. The summed E-state index contributed by atoms with van der Waals surface area (Å²) in [6.45, 7) is 0. The Bertz CT molecular complexity index is 544. The third-order valence-corrected chi connectivity index (χ3v) is 2.81. The molecule has 0 radical (unpaired) electrons. The Kier molecular flexibility index (Phi) is 4.35. The van der Waals surface area contributed by atoms with Gasteiger partial charge < -0.3 is 4.42 Å². The van der Waals surface area contributed by atoms with Crippen molar-refractivity contribution in [2.45, 2.75) is 7.59 Å². The van der Waals surface area contributed by atoms with Gasteiger partial charge in [-0.15, -0.1) is 0 Å². The molecule has 0 unspecified atom stereocenters. The van der Waals surface area contributed by atoms with E-state index >= 15 is 0 Å². The quantitative estimate of drug-likeness (QED) is 0.692. The van der Waals surface area contributed by atoms with Gasteiger partial charge in [-0.25, -0.2) is 19.9 Å². The zero-order valence-corrected chi connectivity index (χ0v) is 13.2. The lowest BCUT2D eigenvalue weighted by Crippen LogP contribution is -2.16. The van der Waals surface area contributed by atoms with Crippen LogP contribution in [0.2, 0.25) is 0 Å². The van der Waals surface area contributed by atoms with Gasteiger partial charge in [-0.05, 0) is 0 Å². The Labute approximate surface area is 137 Å². The molecule has 0 bridgehead atoms. The van der Waals surface area contributed by atoms with Crippen molar-refractivity contribution >= 4 is 69.6 Å². The smallest absolute Gasteiger partial charge is 0.250 e. The molecule has 0 amide bonds. The van der Waals surface area contributed by atoms with E-state index in [0.29, 0.717) is 0 Å². The highest BCUT2D eigenvalue weighted by Crippen LogP contribution is 2.40. The maximum Gasteiger partial charge on any atom is 0.250 e. The highest BCUT2D eigenvalue weighted by molar-refractivity contribution is 6.67. The number of oxazole rings is 1. The molecule has 0 atom stereocenters. The van der Waals surface area contributed by atoms with E-state index in [1.807, 2.05) is 0 Å². The van der Waals surface area contributed by atoms with Crippen molar-refractivity contribution in [3.63, 3.8) is 0 Å². The molecule has 0 aromatic carbocycles. The van der Waals surface area contributed by atoms with E-state index in [4.69, 9.17) is 74.0 Å². The first kappa shape index (κ1) is 15.4. The highest BCUT2D eigenvalue weighted by Gasteiger charge is 2.34. The van der Waals surface area contributed by atoms with Gasteiger partial charge in [0.25, 0.3) is 0 Å². The fourth-order valence-electron chi connectivity index (χ4n) is 1.07. The van der Waals surface area contributed by atoms with Gasteiger partial charge >= 0.3 is 0 Å². The molecule has 19 heavy (non-hydrogen) atoms. The fraction of sp³-hybridized carbons (Fsp3) is 0.250. The number of aromatic nitrogens is 4. The number of halogens is 6. The van der Waals surface area contributed by atoms with E-state index in [2.05, 4.69) is 19.9 Å². The molecule has 0 aliphatic carbocycles. The monoisotopic (exact) mass is 380 g/mol. The SMILES string of the molecule is ClC(Cl)(Cl)c1nc(-c2cnco2)nc(C(Cl)(Cl)Cl)n1. The third kappa shape index (κ3) is 3.74. The third-order valence-electron chi connectivity index (χ3n) is 1.80. The summed E-state index contributed by atoms with van der Waals surface area (Å²) in [6.07, 6.45) is 2.54. The van der Waals surface area contributed by atoms with Gasteiger partial charge in [0.15, 0.2) is 23.8 Å². The second kappa shape index (κ2) is 5.39. The molecule has 0 saturated heterocycles. The van der Waals surface area contributed by atoms with Crippen LogP contribution in [0.15, 0.2) is 17.0 Å². The molecular weight excluding hydrogens is 381 g/mol. The molecular formula is C8H2Cl6N4O. The number of rotatable bonds is 1. The van der Waals surface area contributed by atoms with Crippen LogP contribution in [-0.2, 0) is 7.59 Å². The van der Waals surface area contributed by atoms with Gasteiger partial charge in [0.1, 0.15) is 0 Å². The molecule has 2 aromatic heterocycles. The Hall–Kier alpha value is -0.0400. The number of hydrogen-bond acceptors (Lipinski definition) is 5. The van der Waals surface area contributed by atoms with Crippen LogP contribution in [0, 0.1) is 0 Å². The van der Waals surface area contributed by atoms with E-state index in [1.54, 1.807) is 0 Å². The van der Waals surface area contributed by atoms with Crippen LogP contribution in [0.1, 0.15) is 11.6 Å². The van der Waals surface area contributed by atoms with Crippen molar-refractivity contribution < 1.29 is 4.42 Å². The lowest BCUT2D eigenvalue weighted by atomic mass is 10.4. The molecule has 102 valence electrons. The summed E-state index contributed by atoms with van der Waals surface area (Å²) in [5.74, 6) is -0.135. The number of hydrogen-bond donors (Lipinski definition) is 0. The molecule has 0 aliphatic rings. The van der Waals surface area contributed by atoms with Crippen molar-refractivity contribution in [1.29, 1.82) is 0 Å². The molecule has 2 heterocycles. The lowest BCUT2D eigenvalue weighted by Gasteiger charge is -2.14. The highest BCUT2D eigenvalue weighted by atomic mass is 35.6. The lowest BCUT2D eigenvalue weighted by molar-refractivity contribution is 0.565. The van der Waals surface area contributed by atoms with Crippen molar-refractivity contribution in [2.24, 2.45) is 0 Å². The Morgan fingerprint density at radius 2 is 1.37 bits per heavy atom. The van der Waals surface area contributed by atoms with Crippen LogP contribution >= 0.6 is 69.6 Å². The van der Waals surface area contributed by atoms with Crippen LogP contribution in [0.3, 0.4) is 0 Å². The summed E-state index contributed by atoms with van der Waals surface area (Å²) >= 11 is 34.3. The maximum absolute atomic E-state index is 5.72. The van der Waals surface area contributed by atoms with Crippen LogP contribution < -0.4 is 0 Å². The summed E-state index contributed by atoms with van der Waals surface area (Å²) in [6, 6.07) is 0. The topological polar surface area (TPSA) is 64.7 Å². The van der Waals surface area contributed by atoms with E-state index in [0.717, 1.165) is 0 Å². The molecule has 2 aromatic rings. The Morgan fingerprint density at radius 1 is 0.842 bits per heavy atom. The predicted molar refractivity (Wildman–Crippen MR) is 73.8 cm³/mol. The van der Waals surface area contributed by atoms with E-state index in [9.17, 15) is 0 Å². The summed E-state index contributed by atoms with van der Waals surface area (Å²) in [5, 5.41) is 0. The maximum atomic E-state index is 5.72. The molecule has 0 aliphatic heterocycles. The van der Waals surface area contributed by atoms with Gasteiger partial charge in [0.2, 0.25) is 13.4 Å². The first-order valence-electron chi connectivity index (χ1n) is 4.47. The Balaban J connectivity index is 2.62. The van der Waals surface area contributed by atoms with Crippen molar-refractivity contribution in [3.8, 4) is 11.6 Å². The van der Waals surface area contributed by atoms with Crippen LogP contribution in [0.5, 0.6) is 0 Å². The molecule has 0 fully saturated rings. The van der Waals surface area contributed by atoms with E-state index < -0.39 is 7.59 Å². The van der Waals surface area contributed by atoms with Gasteiger partial charge in [0, 0.05) is 0 Å². The van der Waals surface area contributed by atoms with Gasteiger partial charge in [-0.1, -0.05) is 69.6 Å². The first-order valence-corrected chi connectivity index (χ1v) is 6.74. The van der Waals surface area contributed by atoms with Crippen LogP contribution in [0.25, 0.3) is 11.6 Å². The molecule has 0 N–H and O–H groups in total. The standard InChI is InChI=1S/C8H2Cl6N4O/c9-7(10,11)5-16-4(3-1-15-2-19-3)17-6(18-5)8(12,13)14/h1-2H. The molecule has 2 rings (SSSR count). The second-order valence-corrected chi connectivity index (χ2v) is 7.73. The van der Waals surface area contributed by atoms with E-state index in [-0.39, 0.29) is 23.2 Å². The Morgan fingerprint density at radius 3 is 1.74 bits per heavy atom. The number of nitrogens with zero attached hydrogens (tertiary/aromatic N) is 4. The van der Waals surface area contributed by atoms with Gasteiger partial charge in [-0.3, -0.25) is 0 Å². The zero-order valence-electron chi connectivity index (χ0n) is 8.62. The summed E-state index contributed by atoms with van der Waals surface area (Å²) in [7, 11) is 0. The molecule has 11 heteroatoms. The van der Waals surface area contributed by atoms with Gasteiger partial charge in [0.05, 0.1) is 6.20 Å². The average molecular weight is 383 g/mol. The minimum atomic E-state index is -1.90. The van der Waals surface area contributed by atoms with Crippen LogP contribution in [0.4, 0.5) is 0 Å².